The molecule has 0 bridgehead atoms. The Morgan fingerprint density at radius 3 is 2.44 bits per heavy atom. The average molecular weight is 272 g/mol. The lowest BCUT2D eigenvalue weighted by molar-refractivity contribution is -0.384. The maximum atomic E-state index is 11.3. The van der Waals surface area contributed by atoms with Gasteiger partial charge in [-0.3, -0.25) is 10.1 Å². The summed E-state index contributed by atoms with van der Waals surface area (Å²) in [6.07, 6.45) is -1.30. The van der Waals surface area contributed by atoms with E-state index >= 15 is 0 Å². The number of carbonyl (C=O) groups is 1. The monoisotopic (exact) mass is 271 g/mol. The highest BCUT2D eigenvalue weighted by Crippen LogP contribution is 2.25. The molecule has 0 radical (unpaired) electrons. The molecule has 1 aromatic carbocycles. The molecule has 1 unspecified atom stereocenters. The third-order valence-corrected chi connectivity index (χ3v) is 2.49. The molecule has 0 spiro atoms. The van der Waals surface area contributed by atoms with Gasteiger partial charge in [-0.25, -0.2) is 4.79 Å². The predicted octanol–water partition coefficient (Wildman–Crippen LogP) is 1.92. The number of benzene rings is 1. The number of nitrogens with zero attached hydrogens (tertiary/aromatic N) is 1. The Morgan fingerprint density at radius 2 is 2.06 bits per heavy atom. The summed E-state index contributed by atoms with van der Waals surface area (Å²) in [5.41, 5.74) is 0.962. The second kappa shape index (κ2) is 6.13. The standard InChI is InChI=1S/C11H10ClNO5/c1-18-11(15)9(6-12)10(14)7-2-4-8(5-3-7)13(16)17/h2-6,10,14H,1H3/b9-6+. The van der Waals surface area contributed by atoms with Crippen LogP contribution in [-0.2, 0) is 9.53 Å². The lowest BCUT2D eigenvalue weighted by Gasteiger charge is -2.12. The minimum atomic E-state index is -1.30. The molecule has 18 heavy (non-hydrogen) atoms. The molecule has 1 rings (SSSR count). The third kappa shape index (κ3) is 3.06. The molecule has 1 aromatic rings. The van der Waals surface area contributed by atoms with Crippen LogP contribution in [0.4, 0.5) is 5.69 Å². The van der Waals surface area contributed by atoms with Crippen molar-refractivity contribution in [1.82, 2.24) is 0 Å². The molecule has 7 heteroatoms. The van der Waals surface area contributed by atoms with E-state index in [9.17, 15) is 20.0 Å². The quantitative estimate of drug-likeness (QED) is 0.391. The number of nitro benzene ring substituents is 1. The van der Waals surface area contributed by atoms with Gasteiger partial charge < -0.3 is 9.84 Å². The Labute approximate surface area is 108 Å². The number of rotatable bonds is 4. The lowest BCUT2D eigenvalue weighted by atomic mass is 10.0. The summed E-state index contributed by atoms with van der Waals surface area (Å²) in [6.45, 7) is 0. The van der Waals surface area contributed by atoms with Crippen molar-refractivity contribution in [2.75, 3.05) is 7.11 Å². The fourth-order valence-corrected chi connectivity index (χ4v) is 1.50. The zero-order valence-corrected chi connectivity index (χ0v) is 10.1. The number of aliphatic hydroxyl groups is 1. The highest BCUT2D eigenvalue weighted by molar-refractivity contribution is 6.27. The Hall–Kier alpha value is -1.92. The van der Waals surface area contributed by atoms with Crippen molar-refractivity contribution in [1.29, 1.82) is 0 Å². The maximum Gasteiger partial charge on any atom is 0.337 e. The van der Waals surface area contributed by atoms with Crippen molar-refractivity contribution in [3.63, 3.8) is 0 Å². The van der Waals surface area contributed by atoms with E-state index in [1.54, 1.807) is 0 Å². The fourth-order valence-electron chi connectivity index (χ4n) is 1.29. The van der Waals surface area contributed by atoms with Crippen LogP contribution in [0.1, 0.15) is 11.7 Å². The maximum absolute atomic E-state index is 11.3. The van der Waals surface area contributed by atoms with Gasteiger partial charge >= 0.3 is 5.97 Å². The topological polar surface area (TPSA) is 89.7 Å². The van der Waals surface area contributed by atoms with Gasteiger partial charge in [-0.15, -0.1) is 0 Å². The van der Waals surface area contributed by atoms with E-state index in [0.717, 1.165) is 12.6 Å². The van der Waals surface area contributed by atoms with Gasteiger partial charge in [0.25, 0.3) is 5.69 Å². The van der Waals surface area contributed by atoms with Crippen LogP contribution >= 0.6 is 11.6 Å². The van der Waals surface area contributed by atoms with Crippen LogP contribution in [0, 0.1) is 10.1 Å². The number of esters is 1. The summed E-state index contributed by atoms with van der Waals surface area (Å²) in [5, 5.41) is 20.4. The van der Waals surface area contributed by atoms with Gasteiger partial charge in [0.2, 0.25) is 0 Å². The van der Waals surface area contributed by atoms with Crippen LogP contribution in [-0.4, -0.2) is 23.1 Å². The molecule has 0 aliphatic rings. The van der Waals surface area contributed by atoms with Crippen LogP contribution in [0.2, 0.25) is 0 Å². The Balaban J connectivity index is 2.99. The predicted molar refractivity (Wildman–Crippen MR) is 64.0 cm³/mol. The Bertz CT molecular complexity index is 483. The van der Waals surface area contributed by atoms with Crippen molar-refractivity contribution >= 4 is 23.3 Å². The molecule has 0 aromatic heterocycles. The van der Waals surface area contributed by atoms with Crippen LogP contribution < -0.4 is 0 Å². The molecule has 0 saturated heterocycles. The van der Waals surface area contributed by atoms with E-state index in [2.05, 4.69) is 4.74 Å². The van der Waals surface area contributed by atoms with Gasteiger partial charge in [-0.05, 0) is 17.7 Å². The summed E-state index contributed by atoms with van der Waals surface area (Å²) in [4.78, 5) is 21.2. The summed E-state index contributed by atoms with van der Waals surface area (Å²) < 4.78 is 4.45. The first-order valence-corrected chi connectivity index (χ1v) is 5.26. The van der Waals surface area contributed by atoms with E-state index in [4.69, 9.17) is 11.6 Å². The molecule has 1 atom stereocenters. The molecular formula is C11H10ClNO5. The lowest BCUT2D eigenvalue weighted by Crippen LogP contribution is -2.12. The van der Waals surface area contributed by atoms with Crippen molar-refractivity contribution in [3.8, 4) is 0 Å². The largest absolute Gasteiger partial charge is 0.466 e. The van der Waals surface area contributed by atoms with Gasteiger partial charge in [-0.1, -0.05) is 11.6 Å². The van der Waals surface area contributed by atoms with Crippen LogP contribution in [0.5, 0.6) is 0 Å². The third-order valence-electron chi connectivity index (χ3n) is 2.25. The highest BCUT2D eigenvalue weighted by atomic mass is 35.5. The second-order valence-corrected chi connectivity index (χ2v) is 3.53. The molecule has 0 fully saturated rings. The number of carbonyl (C=O) groups excluding carboxylic acids is 1. The van der Waals surface area contributed by atoms with Crippen LogP contribution in [0.3, 0.4) is 0 Å². The number of aliphatic hydroxyl groups excluding tert-OH is 1. The molecule has 0 amide bonds. The first-order valence-electron chi connectivity index (χ1n) is 4.82. The minimum absolute atomic E-state index is 0.111. The summed E-state index contributed by atoms with van der Waals surface area (Å²) >= 11 is 5.44. The Morgan fingerprint density at radius 1 is 1.50 bits per heavy atom. The Kier molecular flexibility index (Phi) is 4.82. The number of hydrogen-bond donors (Lipinski definition) is 1. The van der Waals surface area contributed by atoms with E-state index in [0.29, 0.717) is 5.56 Å². The molecule has 0 heterocycles. The number of methoxy groups -OCH3 is 1. The molecule has 1 N–H and O–H groups in total. The zero-order valence-electron chi connectivity index (χ0n) is 9.37. The first kappa shape index (κ1) is 14.1. The van der Waals surface area contributed by atoms with Gasteiger partial charge in [-0.2, -0.15) is 0 Å². The van der Waals surface area contributed by atoms with Gasteiger partial charge in [0.05, 0.1) is 17.6 Å². The van der Waals surface area contributed by atoms with Gasteiger partial charge in [0, 0.05) is 17.7 Å². The molecule has 6 nitrogen and oxygen atoms in total. The highest BCUT2D eigenvalue weighted by Gasteiger charge is 2.21. The zero-order chi connectivity index (χ0) is 13.7. The average Bonchev–Trinajstić information content (AvgIpc) is 2.39. The van der Waals surface area contributed by atoms with E-state index in [-0.39, 0.29) is 11.3 Å². The van der Waals surface area contributed by atoms with Crippen molar-refractivity contribution in [2.45, 2.75) is 6.10 Å². The van der Waals surface area contributed by atoms with Crippen molar-refractivity contribution < 1.29 is 19.6 Å². The molecule has 96 valence electrons. The minimum Gasteiger partial charge on any atom is -0.466 e. The van der Waals surface area contributed by atoms with Gasteiger partial charge in [0.15, 0.2) is 0 Å². The van der Waals surface area contributed by atoms with E-state index < -0.39 is 17.0 Å². The molecule has 0 saturated carbocycles. The number of hydrogen-bond acceptors (Lipinski definition) is 5. The fraction of sp³-hybridized carbons (Fsp3) is 0.182. The second-order valence-electron chi connectivity index (χ2n) is 3.31. The number of nitro groups is 1. The normalized spacial score (nSPS) is 12.9. The summed E-state index contributed by atoms with van der Waals surface area (Å²) in [7, 11) is 1.16. The molecule has 0 aliphatic heterocycles. The van der Waals surface area contributed by atoms with Crippen molar-refractivity contribution in [3.05, 3.63) is 51.1 Å². The smallest absolute Gasteiger partial charge is 0.337 e. The number of non-ortho nitro benzene ring substituents is 1. The number of ether oxygens (including phenoxy) is 1. The van der Waals surface area contributed by atoms with E-state index in [1.807, 2.05) is 0 Å². The van der Waals surface area contributed by atoms with E-state index in [1.165, 1.54) is 24.3 Å². The van der Waals surface area contributed by atoms with Gasteiger partial charge in [0.1, 0.15) is 6.10 Å². The van der Waals surface area contributed by atoms with Crippen LogP contribution in [0.25, 0.3) is 0 Å². The SMILES string of the molecule is COC(=O)/C(=C/Cl)C(O)c1ccc([N+](=O)[O-])cc1. The summed E-state index contributed by atoms with van der Waals surface area (Å²) in [5.74, 6) is -0.768. The molecule has 0 aliphatic carbocycles. The molecular weight excluding hydrogens is 262 g/mol. The van der Waals surface area contributed by atoms with Crippen molar-refractivity contribution in [2.24, 2.45) is 0 Å². The number of halogens is 1. The first-order chi connectivity index (χ1) is 8.51. The summed E-state index contributed by atoms with van der Waals surface area (Å²) in [6, 6.07) is 5.13. The van der Waals surface area contributed by atoms with Crippen LogP contribution in [0.15, 0.2) is 35.4 Å².